The fourth-order valence-electron chi connectivity index (χ4n) is 1.67. The number of hydrogen-bond donors (Lipinski definition) is 2. The van der Waals surface area contributed by atoms with Gasteiger partial charge < -0.3 is 9.84 Å². The first-order chi connectivity index (χ1) is 9.62. The topological polar surface area (TPSA) is 97.1 Å². The lowest BCUT2D eigenvalue weighted by Gasteiger charge is -2.06. The van der Waals surface area contributed by atoms with Crippen molar-refractivity contribution in [2.24, 2.45) is 0 Å². The first kappa shape index (κ1) is 14.6. The smallest absolute Gasteiger partial charge is 0.240 e. The van der Waals surface area contributed by atoms with Gasteiger partial charge in [-0.05, 0) is 24.7 Å². The van der Waals surface area contributed by atoms with Gasteiger partial charge in [0, 0.05) is 19.5 Å². The van der Waals surface area contributed by atoms with Crippen molar-refractivity contribution in [2.45, 2.75) is 17.9 Å². The van der Waals surface area contributed by atoms with E-state index in [1.54, 1.807) is 24.3 Å². The van der Waals surface area contributed by atoms with Crippen molar-refractivity contribution in [1.29, 1.82) is 0 Å². The number of benzene rings is 1. The summed E-state index contributed by atoms with van der Waals surface area (Å²) in [6, 6.07) is 6.73. The second-order valence-corrected chi connectivity index (χ2v) is 5.92. The van der Waals surface area contributed by atoms with E-state index in [1.165, 1.54) is 6.33 Å². The highest BCUT2D eigenvalue weighted by molar-refractivity contribution is 7.89. The normalized spacial score (nSPS) is 11.7. The molecule has 1 aromatic heterocycles. The van der Waals surface area contributed by atoms with E-state index in [1.807, 2.05) is 7.05 Å². The molecule has 0 fully saturated rings. The molecule has 0 saturated heterocycles. The van der Waals surface area contributed by atoms with Gasteiger partial charge in [-0.1, -0.05) is 17.3 Å². The van der Waals surface area contributed by atoms with Gasteiger partial charge in [0.05, 0.1) is 4.90 Å². The first-order valence-electron chi connectivity index (χ1n) is 6.10. The van der Waals surface area contributed by atoms with Crippen molar-refractivity contribution in [1.82, 2.24) is 20.2 Å². The molecule has 0 aliphatic carbocycles. The quantitative estimate of drug-likeness (QED) is 0.763. The molecule has 0 saturated carbocycles. The van der Waals surface area contributed by atoms with Crippen molar-refractivity contribution in [2.75, 3.05) is 13.6 Å². The Morgan fingerprint density at radius 3 is 2.60 bits per heavy atom. The lowest BCUT2D eigenvalue weighted by Crippen LogP contribution is -2.26. The number of rotatable bonds is 7. The van der Waals surface area contributed by atoms with Crippen LogP contribution in [-0.2, 0) is 23.0 Å². The molecule has 0 radical (unpaired) electrons. The maximum Gasteiger partial charge on any atom is 0.240 e. The van der Waals surface area contributed by atoms with Gasteiger partial charge in [-0.15, -0.1) is 0 Å². The van der Waals surface area contributed by atoms with Gasteiger partial charge in [0.15, 0.2) is 6.33 Å². The molecule has 0 unspecified atom stereocenters. The van der Waals surface area contributed by atoms with E-state index in [9.17, 15) is 8.42 Å². The Labute approximate surface area is 117 Å². The Hall–Kier alpha value is -1.77. The van der Waals surface area contributed by atoms with E-state index in [4.69, 9.17) is 4.52 Å². The summed E-state index contributed by atoms with van der Waals surface area (Å²) in [4.78, 5) is 4.06. The minimum atomic E-state index is -3.51. The molecule has 2 rings (SSSR count). The highest BCUT2D eigenvalue weighted by atomic mass is 32.2. The van der Waals surface area contributed by atoms with Gasteiger partial charge in [-0.25, -0.2) is 13.1 Å². The number of nitrogens with one attached hydrogen (secondary N) is 2. The lowest BCUT2D eigenvalue weighted by atomic mass is 10.2. The number of hydrogen-bond acceptors (Lipinski definition) is 6. The maximum atomic E-state index is 12.0. The fraction of sp³-hybridized carbons (Fsp3) is 0.333. The molecule has 0 aliphatic rings. The minimum Gasteiger partial charge on any atom is -0.340 e. The summed E-state index contributed by atoms with van der Waals surface area (Å²) in [5.41, 5.74) is 1.03. The van der Waals surface area contributed by atoms with E-state index in [0.717, 1.165) is 5.56 Å². The van der Waals surface area contributed by atoms with Crippen molar-refractivity contribution < 1.29 is 12.9 Å². The SMILES string of the molecule is CNCc1ccc(S(=O)(=O)NCCc2ncno2)cc1. The van der Waals surface area contributed by atoms with E-state index < -0.39 is 10.0 Å². The average Bonchev–Trinajstić information content (AvgIpc) is 2.93. The molecule has 108 valence electrons. The molecule has 0 atom stereocenters. The summed E-state index contributed by atoms with van der Waals surface area (Å²) in [5, 5.41) is 6.46. The van der Waals surface area contributed by atoms with Crippen molar-refractivity contribution in [3.05, 3.63) is 42.0 Å². The van der Waals surface area contributed by atoms with Crippen LogP contribution in [0.5, 0.6) is 0 Å². The van der Waals surface area contributed by atoms with E-state index >= 15 is 0 Å². The van der Waals surface area contributed by atoms with Crippen LogP contribution in [0.3, 0.4) is 0 Å². The maximum absolute atomic E-state index is 12.0. The Bertz CT molecular complexity index is 623. The van der Waals surface area contributed by atoms with Crippen molar-refractivity contribution in [3.63, 3.8) is 0 Å². The zero-order valence-electron chi connectivity index (χ0n) is 11.0. The third-order valence-electron chi connectivity index (χ3n) is 2.65. The monoisotopic (exact) mass is 296 g/mol. The molecule has 1 heterocycles. The summed E-state index contributed by atoms with van der Waals surface area (Å²) in [6.45, 7) is 0.910. The van der Waals surface area contributed by atoms with Gasteiger partial charge >= 0.3 is 0 Å². The number of sulfonamides is 1. The number of aromatic nitrogens is 2. The van der Waals surface area contributed by atoms with Crippen LogP contribution in [0.25, 0.3) is 0 Å². The molecular formula is C12H16N4O3S. The van der Waals surface area contributed by atoms with E-state index in [2.05, 4.69) is 20.2 Å². The van der Waals surface area contributed by atoms with Crippen LogP contribution >= 0.6 is 0 Å². The predicted octanol–water partition coefficient (Wildman–Crippen LogP) is 0.310. The zero-order chi connectivity index (χ0) is 14.4. The van der Waals surface area contributed by atoms with Crippen LogP contribution in [0.1, 0.15) is 11.5 Å². The van der Waals surface area contributed by atoms with Crippen LogP contribution in [0, 0.1) is 0 Å². The average molecular weight is 296 g/mol. The molecule has 8 heteroatoms. The summed E-state index contributed by atoms with van der Waals surface area (Å²) >= 11 is 0. The second-order valence-electron chi connectivity index (χ2n) is 4.16. The second kappa shape index (κ2) is 6.60. The Morgan fingerprint density at radius 2 is 2.00 bits per heavy atom. The Kier molecular flexibility index (Phi) is 4.83. The van der Waals surface area contributed by atoms with Crippen molar-refractivity contribution >= 4 is 10.0 Å². The van der Waals surface area contributed by atoms with Crippen LogP contribution in [0.15, 0.2) is 40.0 Å². The molecule has 2 N–H and O–H groups in total. The zero-order valence-corrected chi connectivity index (χ0v) is 11.9. The summed E-state index contributed by atoms with van der Waals surface area (Å²) in [5.74, 6) is 0.400. The highest BCUT2D eigenvalue weighted by Gasteiger charge is 2.13. The first-order valence-corrected chi connectivity index (χ1v) is 7.59. The molecular weight excluding hydrogens is 280 g/mol. The van der Waals surface area contributed by atoms with Crippen LogP contribution in [0.2, 0.25) is 0 Å². The molecule has 1 aromatic carbocycles. The lowest BCUT2D eigenvalue weighted by molar-refractivity contribution is 0.377. The minimum absolute atomic E-state index is 0.211. The van der Waals surface area contributed by atoms with Crippen LogP contribution < -0.4 is 10.0 Å². The molecule has 0 bridgehead atoms. The predicted molar refractivity (Wildman–Crippen MR) is 72.4 cm³/mol. The fourth-order valence-corrected chi connectivity index (χ4v) is 2.70. The van der Waals surface area contributed by atoms with Gasteiger partial charge in [0.1, 0.15) is 0 Å². The third-order valence-corrected chi connectivity index (χ3v) is 4.13. The van der Waals surface area contributed by atoms with Gasteiger partial charge in [0.25, 0.3) is 0 Å². The molecule has 7 nitrogen and oxygen atoms in total. The largest absolute Gasteiger partial charge is 0.340 e. The van der Waals surface area contributed by atoms with E-state index in [0.29, 0.717) is 18.9 Å². The summed E-state index contributed by atoms with van der Waals surface area (Å²) in [7, 11) is -1.67. The third kappa shape index (κ3) is 3.86. The van der Waals surface area contributed by atoms with Crippen LogP contribution in [-0.4, -0.2) is 32.2 Å². The summed E-state index contributed by atoms with van der Waals surface area (Å²) < 4.78 is 31.4. The van der Waals surface area contributed by atoms with Gasteiger partial charge in [0.2, 0.25) is 15.9 Å². The summed E-state index contributed by atoms with van der Waals surface area (Å²) in [6.07, 6.45) is 1.64. The van der Waals surface area contributed by atoms with Gasteiger partial charge in [-0.3, -0.25) is 0 Å². The molecule has 0 amide bonds. The molecule has 20 heavy (non-hydrogen) atoms. The van der Waals surface area contributed by atoms with Crippen molar-refractivity contribution in [3.8, 4) is 0 Å². The molecule has 0 spiro atoms. The van der Waals surface area contributed by atoms with E-state index in [-0.39, 0.29) is 11.4 Å². The Morgan fingerprint density at radius 1 is 1.25 bits per heavy atom. The van der Waals surface area contributed by atoms with Crippen LogP contribution in [0.4, 0.5) is 0 Å². The molecule has 2 aromatic rings. The standard InChI is InChI=1S/C12H16N4O3S/c1-13-8-10-2-4-11(5-3-10)20(17,18)16-7-6-12-14-9-15-19-12/h2-5,9,13,16H,6-8H2,1H3. The number of nitrogens with zero attached hydrogens (tertiary/aromatic N) is 2. The molecule has 0 aliphatic heterocycles. The highest BCUT2D eigenvalue weighted by Crippen LogP contribution is 2.10. The van der Waals surface area contributed by atoms with Gasteiger partial charge in [-0.2, -0.15) is 4.98 Å². The Balaban J connectivity index is 1.95.